The number of nitrogens with zero attached hydrogens (tertiary/aromatic N) is 1. The standard InChI is InChI=1S/C17H24N2O2/c1-13-11-18-17(2,3)12-19(13)16(20)10-7-14-5-8-15(21-4)9-6-14/h5-10,13,18H,11-12H2,1-4H3/b10-7+. The molecule has 0 aliphatic carbocycles. The second kappa shape index (κ2) is 6.31. The van der Waals surface area contributed by atoms with E-state index >= 15 is 0 Å². The maximum Gasteiger partial charge on any atom is 0.246 e. The zero-order chi connectivity index (χ0) is 15.5. The van der Waals surface area contributed by atoms with Crippen molar-refractivity contribution in [3.63, 3.8) is 0 Å². The minimum Gasteiger partial charge on any atom is -0.497 e. The highest BCUT2D eigenvalue weighted by Crippen LogP contribution is 2.16. The van der Waals surface area contributed by atoms with E-state index in [0.29, 0.717) is 0 Å². The van der Waals surface area contributed by atoms with Gasteiger partial charge in [0.05, 0.1) is 7.11 Å². The lowest BCUT2D eigenvalue weighted by atomic mass is 9.99. The fourth-order valence-corrected chi connectivity index (χ4v) is 2.45. The van der Waals surface area contributed by atoms with Gasteiger partial charge in [-0.15, -0.1) is 0 Å². The molecular weight excluding hydrogens is 264 g/mol. The van der Waals surface area contributed by atoms with Gasteiger partial charge in [-0.05, 0) is 44.5 Å². The van der Waals surface area contributed by atoms with E-state index in [1.54, 1.807) is 13.2 Å². The molecule has 1 saturated heterocycles. The molecule has 2 rings (SSSR count). The van der Waals surface area contributed by atoms with Crippen molar-refractivity contribution in [2.24, 2.45) is 0 Å². The van der Waals surface area contributed by atoms with Crippen molar-refractivity contribution in [3.05, 3.63) is 35.9 Å². The Labute approximate surface area is 126 Å². The van der Waals surface area contributed by atoms with Gasteiger partial charge >= 0.3 is 0 Å². The van der Waals surface area contributed by atoms with E-state index in [9.17, 15) is 4.79 Å². The topological polar surface area (TPSA) is 41.6 Å². The van der Waals surface area contributed by atoms with Gasteiger partial charge in [-0.2, -0.15) is 0 Å². The van der Waals surface area contributed by atoms with Gasteiger partial charge < -0.3 is 15.0 Å². The first-order valence-corrected chi connectivity index (χ1v) is 7.29. The van der Waals surface area contributed by atoms with Gasteiger partial charge in [-0.25, -0.2) is 0 Å². The molecule has 1 aliphatic heterocycles. The molecule has 4 heteroatoms. The molecule has 1 aromatic carbocycles. The summed E-state index contributed by atoms with van der Waals surface area (Å²) in [7, 11) is 1.64. The third kappa shape index (κ3) is 4.08. The Hall–Kier alpha value is -1.81. The van der Waals surface area contributed by atoms with Crippen molar-refractivity contribution in [1.29, 1.82) is 0 Å². The quantitative estimate of drug-likeness (QED) is 0.868. The second-order valence-corrected chi connectivity index (χ2v) is 6.19. The molecule has 1 fully saturated rings. The predicted octanol–water partition coefficient (Wildman–Crippen LogP) is 2.31. The van der Waals surface area contributed by atoms with Crippen LogP contribution in [-0.2, 0) is 4.79 Å². The highest BCUT2D eigenvalue weighted by atomic mass is 16.5. The summed E-state index contributed by atoms with van der Waals surface area (Å²) in [5.74, 6) is 0.879. The number of benzene rings is 1. The monoisotopic (exact) mass is 288 g/mol. The van der Waals surface area contributed by atoms with Crippen molar-refractivity contribution in [2.45, 2.75) is 32.4 Å². The molecule has 1 aromatic rings. The Morgan fingerprint density at radius 1 is 1.38 bits per heavy atom. The summed E-state index contributed by atoms with van der Waals surface area (Å²) in [4.78, 5) is 14.3. The second-order valence-electron chi connectivity index (χ2n) is 6.19. The van der Waals surface area contributed by atoms with E-state index < -0.39 is 0 Å². The molecule has 0 bridgehead atoms. The molecule has 1 atom stereocenters. The molecule has 0 saturated carbocycles. The lowest BCUT2D eigenvalue weighted by Crippen LogP contribution is -2.61. The van der Waals surface area contributed by atoms with Crippen molar-refractivity contribution >= 4 is 12.0 Å². The molecule has 4 nitrogen and oxygen atoms in total. The van der Waals surface area contributed by atoms with Crippen LogP contribution in [-0.4, -0.2) is 42.6 Å². The summed E-state index contributed by atoms with van der Waals surface area (Å²) < 4.78 is 5.12. The van der Waals surface area contributed by atoms with Crippen LogP contribution < -0.4 is 10.1 Å². The first-order valence-electron chi connectivity index (χ1n) is 7.29. The Bertz CT molecular complexity index is 520. The van der Waals surface area contributed by atoms with Crippen LogP contribution in [0.5, 0.6) is 5.75 Å². The Morgan fingerprint density at radius 3 is 2.67 bits per heavy atom. The zero-order valence-corrected chi connectivity index (χ0v) is 13.2. The van der Waals surface area contributed by atoms with Crippen molar-refractivity contribution < 1.29 is 9.53 Å². The molecule has 0 spiro atoms. The fraction of sp³-hybridized carbons (Fsp3) is 0.471. The van der Waals surface area contributed by atoms with E-state index in [1.165, 1.54) is 0 Å². The number of carbonyl (C=O) groups is 1. The lowest BCUT2D eigenvalue weighted by molar-refractivity contribution is -0.130. The van der Waals surface area contributed by atoms with Crippen LogP contribution in [0.3, 0.4) is 0 Å². The summed E-state index contributed by atoms with van der Waals surface area (Å²) in [6.45, 7) is 7.86. The number of carbonyl (C=O) groups excluding carboxylic acids is 1. The summed E-state index contributed by atoms with van der Waals surface area (Å²) in [5, 5.41) is 3.45. The number of ether oxygens (including phenoxy) is 1. The maximum atomic E-state index is 12.4. The van der Waals surface area contributed by atoms with Crippen LogP contribution in [0.15, 0.2) is 30.3 Å². The van der Waals surface area contributed by atoms with Crippen molar-refractivity contribution in [1.82, 2.24) is 10.2 Å². The normalized spacial score (nSPS) is 21.5. The largest absolute Gasteiger partial charge is 0.497 e. The van der Waals surface area contributed by atoms with Gasteiger partial charge in [0.1, 0.15) is 5.75 Å². The average Bonchev–Trinajstić information content (AvgIpc) is 2.48. The average molecular weight is 288 g/mol. The van der Waals surface area contributed by atoms with E-state index in [0.717, 1.165) is 24.4 Å². The van der Waals surface area contributed by atoms with Crippen LogP contribution in [0.1, 0.15) is 26.3 Å². The van der Waals surface area contributed by atoms with E-state index in [2.05, 4.69) is 26.1 Å². The van der Waals surface area contributed by atoms with Gasteiger partial charge in [0.15, 0.2) is 0 Å². The number of methoxy groups -OCH3 is 1. The van der Waals surface area contributed by atoms with Crippen LogP contribution in [0.2, 0.25) is 0 Å². The predicted molar refractivity (Wildman–Crippen MR) is 85.3 cm³/mol. The number of hydrogen-bond donors (Lipinski definition) is 1. The molecule has 21 heavy (non-hydrogen) atoms. The van der Waals surface area contributed by atoms with Crippen LogP contribution in [0.4, 0.5) is 0 Å². The maximum absolute atomic E-state index is 12.4. The van der Waals surface area contributed by atoms with Crippen LogP contribution in [0, 0.1) is 0 Å². The Balaban J connectivity index is 2.03. The van der Waals surface area contributed by atoms with E-state index in [-0.39, 0.29) is 17.5 Å². The van der Waals surface area contributed by atoms with Crippen molar-refractivity contribution in [3.8, 4) is 5.75 Å². The van der Waals surface area contributed by atoms with E-state index in [1.807, 2.05) is 35.2 Å². The number of hydrogen-bond acceptors (Lipinski definition) is 3. The van der Waals surface area contributed by atoms with Gasteiger partial charge in [-0.3, -0.25) is 4.79 Å². The van der Waals surface area contributed by atoms with Gasteiger partial charge in [0.25, 0.3) is 0 Å². The minimum absolute atomic E-state index is 0.0316. The summed E-state index contributed by atoms with van der Waals surface area (Å²) in [6.07, 6.45) is 3.50. The number of amides is 1. The summed E-state index contributed by atoms with van der Waals surface area (Å²) >= 11 is 0. The third-order valence-electron chi connectivity index (χ3n) is 3.79. The molecule has 0 aromatic heterocycles. The van der Waals surface area contributed by atoms with Crippen LogP contribution in [0.25, 0.3) is 6.08 Å². The number of nitrogens with one attached hydrogen (secondary N) is 1. The lowest BCUT2D eigenvalue weighted by Gasteiger charge is -2.43. The third-order valence-corrected chi connectivity index (χ3v) is 3.79. The highest BCUT2D eigenvalue weighted by molar-refractivity contribution is 5.92. The Morgan fingerprint density at radius 2 is 2.05 bits per heavy atom. The Kier molecular flexibility index (Phi) is 4.68. The highest BCUT2D eigenvalue weighted by Gasteiger charge is 2.31. The first kappa shape index (κ1) is 15.6. The molecule has 1 N–H and O–H groups in total. The molecule has 114 valence electrons. The molecule has 1 aliphatic rings. The molecule has 1 amide bonds. The number of rotatable bonds is 3. The van der Waals surface area contributed by atoms with Gasteiger partial charge in [0.2, 0.25) is 5.91 Å². The SMILES string of the molecule is COc1ccc(/C=C/C(=O)N2CC(C)(C)NCC2C)cc1. The molecular formula is C17H24N2O2. The summed E-state index contributed by atoms with van der Waals surface area (Å²) in [6, 6.07) is 7.87. The first-order chi connectivity index (χ1) is 9.91. The number of piperazine rings is 1. The molecule has 1 heterocycles. The van der Waals surface area contributed by atoms with E-state index in [4.69, 9.17) is 4.74 Å². The van der Waals surface area contributed by atoms with Gasteiger partial charge in [0, 0.05) is 30.7 Å². The van der Waals surface area contributed by atoms with Crippen LogP contribution >= 0.6 is 0 Å². The van der Waals surface area contributed by atoms with Gasteiger partial charge in [-0.1, -0.05) is 12.1 Å². The fourth-order valence-electron chi connectivity index (χ4n) is 2.45. The van der Waals surface area contributed by atoms with Crippen molar-refractivity contribution in [2.75, 3.05) is 20.2 Å². The smallest absolute Gasteiger partial charge is 0.246 e. The summed E-state index contributed by atoms with van der Waals surface area (Å²) in [5.41, 5.74) is 0.960. The zero-order valence-electron chi connectivity index (χ0n) is 13.2. The molecule has 0 radical (unpaired) electrons. The molecule has 1 unspecified atom stereocenters. The minimum atomic E-state index is -0.0316.